The number of thioether (sulfide) groups is 1. The van der Waals surface area contributed by atoms with Crippen LogP contribution in [-0.2, 0) is 4.79 Å². The van der Waals surface area contributed by atoms with Gasteiger partial charge in [-0.15, -0.1) is 5.10 Å². The van der Waals surface area contributed by atoms with Gasteiger partial charge >= 0.3 is 5.16 Å². The molecule has 0 unspecified atom stereocenters. The highest BCUT2D eigenvalue weighted by Gasteiger charge is 2.24. The summed E-state index contributed by atoms with van der Waals surface area (Å²) in [6.07, 6.45) is 1.32. The summed E-state index contributed by atoms with van der Waals surface area (Å²) in [6.45, 7) is 2.03. The Morgan fingerprint density at radius 1 is 1.20 bits per heavy atom. The van der Waals surface area contributed by atoms with Crippen LogP contribution in [-0.4, -0.2) is 28.1 Å². The Morgan fingerprint density at radius 3 is 2.63 bits per heavy atom. The van der Waals surface area contributed by atoms with Crippen LogP contribution >= 0.6 is 55.2 Å². The lowest BCUT2D eigenvalue weighted by molar-refractivity contribution is -0.625. The summed E-state index contributed by atoms with van der Waals surface area (Å²) in [7, 11) is 0. The normalized spacial score (nSPS) is 11.2. The number of aromatic amines is 1. The molecule has 3 aromatic carbocycles. The highest BCUT2D eigenvalue weighted by molar-refractivity contribution is 9.11. The summed E-state index contributed by atoms with van der Waals surface area (Å²) in [4.78, 5) is 12.4. The largest absolute Gasteiger partial charge is 0.871 e. The number of hydrogen-bond donors (Lipinski definition) is 2. The molecule has 0 radical (unpaired) electrons. The number of hydrazone groups is 1. The first-order valence-electron chi connectivity index (χ1n) is 10.3. The van der Waals surface area contributed by atoms with Crippen LogP contribution < -0.4 is 15.1 Å². The van der Waals surface area contributed by atoms with Crippen molar-refractivity contribution in [2.24, 2.45) is 5.10 Å². The van der Waals surface area contributed by atoms with Crippen LogP contribution in [0.4, 0.5) is 0 Å². The van der Waals surface area contributed by atoms with E-state index in [0.29, 0.717) is 20.2 Å². The van der Waals surface area contributed by atoms with Crippen molar-refractivity contribution in [3.8, 4) is 22.8 Å². The van der Waals surface area contributed by atoms with Crippen molar-refractivity contribution < 1.29 is 14.5 Å². The maximum atomic E-state index is 12.4. The van der Waals surface area contributed by atoms with Gasteiger partial charge in [-0.05, 0) is 72.8 Å². The zero-order chi connectivity index (χ0) is 24.9. The fraction of sp³-hybridized carbons (Fsp3) is 0.0833. The van der Waals surface area contributed by atoms with Crippen molar-refractivity contribution in [2.75, 3.05) is 5.75 Å². The minimum absolute atomic E-state index is 0.0650. The minimum atomic E-state index is -0.338. The zero-order valence-corrected chi connectivity index (χ0v) is 23.0. The Kier molecular flexibility index (Phi) is 8.27. The highest BCUT2D eigenvalue weighted by atomic mass is 79.9. The molecule has 11 heteroatoms. The van der Waals surface area contributed by atoms with Crippen molar-refractivity contribution >= 4 is 67.3 Å². The minimum Gasteiger partial charge on any atom is -0.871 e. The number of nitrogens with zero attached hydrogens (tertiary/aromatic N) is 3. The quantitative estimate of drug-likeness (QED) is 0.127. The van der Waals surface area contributed by atoms with Gasteiger partial charge in [0.1, 0.15) is 5.69 Å². The molecule has 0 atom stereocenters. The Bertz CT molecular complexity index is 1390. The van der Waals surface area contributed by atoms with E-state index in [-0.39, 0.29) is 17.4 Å². The topological polar surface area (TPSA) is 97.1 Å². The smallest absolute Gasteiger partial charge is 0.342 e. The third kappa shape index (κ3) is 6.32. The monoisotopic (exact) mass is 633 g/mol. The average Bonchev–Trinajstić information content (AvgIpc) is 3.25. The van der Waals surface area contributed by atoms with E-state index in [1.807, 2.05) is 47.9 Å². The summed E-state index contributed by atoms with van der Waals surface area (Å²) >= 11 is 13.9. The second-order valence-electron chi connectivity index (χ2n) is 7.42. The molecule has 0 aliphatic heterocycles. The Morgan fingerprint density at radius 2 is 1.91 bits per heavy atom. The molecule has 0 fully saturated rings. The number of amides is 1. The molecule has 0 saturated heterocycles. The van der Waals surface area contributed by atoms with Crippen molar-refractivity contribution in [3.05, 3.63) is 85.8 Å². The van der Waals surface area contributed by atoms with Gasteiger partial charge < -0.3 is 5.11 Å². The zero-order valence-electron chi connectivity index (χ0n) is 18.3. The van der Waals surface area contributed by atoms with Gasteiger partial charge in [0.15, 0.2) is 0 Å². The summed E-state index contributed by atoms with van der Waals surface area (Å²) in [5.41, 5.74) is 5.75. The molecule has 0 bridgehead atoms. The number of aromatic nitrogens is 3. The lowest BCUT2D eigenvalue weighted by Crippen LogP contribution is -2.34. The summed E-state index contributed by atoms with van der Waals surface area (Å²) in [6, 6.07) is 18.7. The number of rotatable bonds is 7. The van der Waals surface area contributed by atoms with Crippen LogP contribution in [0.25, 0.3) is 17.1 Å². The summed E-state index contributed by atoms with van der Waals surface area (Å²) < 4.78 is 3.07. The number of hydrogen-bond acceptors (Lipinski definition) is 5. The fourth-order valence-corrected chi connectivity index (χ4v) is 5.29. The van der Waals surface area contributed by atoms with Crippen LogP contribution in [0, 0.1) is 6.92 Å². The Hall–Kier alpha value is -2.66. The van der Waals surface area contributed by atoms with E-state index in [9.17, 15) is 9.90 Å². The standard InChI is InChI=1S/C24H18Br2ClN5O2S/c1-14-2-4-15(5-3-14)23-30-31-24(32(23)19-8-6-18(27)7-9-19)35-13-21(33)29-28-12-16-10-17(25)11-20(26)22(16)34/h2-12H,13H2,1H3,(H2,28,29,33,34). The molecule has 0 aliphatic rings. The fourth-order valence-electron chi connectivity index (χ4n) is 3.14. The van der Waals surface area contributed by atoms with Gasteiger partial charge in [-0.25, -0.2) is 5.43 Å². The van der Waals surface area contributed by atoms with E-state index in [1.54, 1.807) is 24.3 Å². The van der Waals surface area contributed by atoms with Gasteiger partial charge in [0.25, 0.3) is 11.7 Å². The van der Waals surface area contributed by atoms with Crippen molar-refractivity contribution in [2.45, 2.75) is 12.1 Å². The Balaban J connectivity index is 1.51. The van der Waals surface area contributed by atoms with Gasteiger partial charge in [-0.2, -0.15) is 9.67 Å². The van der Waals surface area contributed by atoms with Gasteiger partial charge in [-0.1, -0.05) is 66.9 Å². The van der Waals surface area contributed by atoms with Crippen molar-refractivity contribution in [3.63, 3.8) is 0 Å². The third-order valence-corrected chi connectivity index (χ3v) is 7.08. The number of carbonyl (C=O) groups excluding carboxylic acids is 1. The van der Waals surface area contributed by atoms with Crippen molar-refractivity contribution in [1.82, 2.24) is 15.6 Å². The van der Waals surface area contributed by atoms with E-state index >= 15 is 0 Å². The second kappa shape index (κ2) is 11.4. The van der Waals surface area contributed by atoms with E-state index < -0.39 is 0 Å². The van der Waals surface area contributed by atoms with E-state index in [1.165, 1.54) is 18.0 Å². The molecule has 0 aliphatic carbocycles. The number of nitrogens with one attached hydrogen (secondary N) is 2. The van der Waals surface area contributed by atoms with Gasteiger partial charge in [0.2, 0.25) is 0 Å². The van der Waals surface area contributed by atoms with Crippen LogP contribution in [0.15, 0.2) is 79.9 Å². The van der Waals surface area contributed by atoms with E-state index in [2.05, 4.69) is 52.6 Å². The molecule has 1 amide bonds. The number of aryl methyl sites for hydroxylation is 1. The van der Waals surface area contributed by atoms with Gasteiger partial charge in [0, 0.05) is 14.0 Å². The predicted molar refractivity (Wildman–Crippen MR) is 143 cm³/mol. The van der Waals surface area contributed by atoms with Gasteiger partial charge in [-0.3, -0.25) is 4.79 Å². The first-order valence-corrected chi connectivity index (χ1v) is 13.2. The highest BCUT2D eigenvalue weighted by Crippen LogP contribution is 2.28. The SMILES string of the molecule is Cc1ccc(-c2[nH]nc(SCC(=O)NN=Cc3cc(Br)cc(Br)c3[O-])[n+]2-c2ccc(Cl)cc2)cc1. The molecular formula is C24H18Br2ClN5O2S. The molecule has 4 aromatic rings. The van der Waals surface area contributed by atoms with Crippen LogP contribution in [0.1, 0.15) is 11.1 Å². The van der Waals surface area contributed by atoms with Gasteiger partial charge in [0.05, 0.1) is 22.6 Å². The molecule has 35 heavy (non-hydrogen) atoms. The first kappa shape index (κ1) is 25.4. The Labute approximate surface area is 227 Å². The molecule has 178 valence electrons. The lowest BCUT2D eigenvalue weighted by Gasteiger charge is -2.12. The molecule has 2 N–H and O–H groups in total. The maximum absolute atomic E-state index is 12.4. The number of carbonyl (C=O) groups is 1. The molecule has 0 spiro atoms. The predicted octanol–water partition coefficient (Wildman–Crippen LogP) is 5.16. The summed E-state index contributed by atoms with van der Waals surface area (Å²) in [5, 5.41) is 24.8. The second-order valence-corrected chi connectivity index (χ2v) is 10.6. The van der Waals surface area contributed by atoms with Crippen LogP contribution in [0.5, 0.6) is 5.75 Å². The molecular weight excluding hydrogens is 618 g/mol. The molecule has 7 nitrogen and oxygen atoms in total. The lowest BCUT2D eigenvalue weighted by atomic mass is 10.1. The number of halogens is 3. The average molecular weight is 636 g/mol. The van der Waals surface area contributed by atoms with E-state index in [4.69, 9.17) is 11.6 Å². The van der Waals surface area contributed by atoms with Crippen LogP contribution in [0.3, 0.4) is 0 Å². The molecule has 1 aromatic heterocycles. The van der Waals surface area contributed by atoms with Crippen molar-refractivity contribution in [1.29, 1.82) is 0 Å². The number of benzene rings is 3. The number of H-pyrrole nitrogens is 1. The van der Waals surface area contributed by atoms with E-state index in [0.717, 1.165) is 27.1 Å². The summed E-state index contributed by atoms with van der Waals surface area (Å²) in [5.74, 6) is 0.284. The molecule has 4 rings (SSSR count). The molecule has 0 saturated carbocycles. The van der Waals surface area contributed by atoms with Crippen LogP contribution in [0.2, 0.25) is 5.02 Å². The third-order valence-electron chi connectivity index (χ3n) is 4.84. The molecule has 1 heterocycles. The maximum Gasteiger partial charge on any atom is 0.342 e. The first-order chi connectivity index (χ1) is 16.8.